The number of fused-ring (bicyclic) bond motifs is 6. The molecule has 56 heavy (non-hydrogen) atoms. The van der Waals surface area contributed by atoms with Gasteiger partial charge in [0.05, 0.1) is 44.2 Å². The second-order valence-corrected chi connectivity index (χ2v) is 13.1. The van der Waals surface area contributed by atoms with E-state index in [0.29, 0.717) is 22.5 Å². The molecule has 0 aliphatic heterocycles. The number of hydrogen-bond acceptors (Lipinski definition) is 3. The molecule has 0 N–H and O–H groups in total. The molecule has 0 saturated heterocycles. The lowest BCUT2D eigenvalue weighted by Gasteiger charge is -2.17. The molecular weight excluding hydrogens is 683 g/mol. The van der Waals surface area contributed by atoms with Gasteiger partial charge in [-0.2, -0.15) is 9.97 Å². The van der Waals surface area contributed by atoms with E-state index in [1.165, 1.54) is 4.57 Å². The third-order valence-corrected chi connectivity index (χ3v) is 9.92. The molecule has 0 aliphatic carbocycles. The Kier molecular flexibility index (Phi) is 5.10. The van der Waals surface area contributed by atoms with Crippen LogP contribution in [0.15, 0.2) is 200 Å². The van der Waals surface area contributed by atoms with Gasteiger partial charge in [-0.15, -0.1) is 0 Å². The van der Waals surface area contributed by atoms with Crippen LogP contribution in [-0.2, 0) is 0 Å². The smallest absolute Gasteiger partial charge is 0.238 e. The van der Waals surface area contributed by atoms with Gasteiger partial charge in [-0.3, -0.25) is 4.57 Å². The topological polar surface area (TPSA) is 48.5 Å². The fourth-order valence-electron chi connectivity index (χ4n) is 7.40. The Morgan fingerprint density at radius 3 is 1.71 bits per heavy atom. The van der Waals surface area contributed by atoms with E-state index >= 15 is 0 Å². The number of para-hydroxylation sites is 3. The van der Waals surface area contributed by atoms with Crippen LogP contribution in [0.2, 0.25) is 0 Å². The summed E-state index contributed by atoms with van der Waals surface area (Å²) in [6, 6.07) is 32.3. The molecule has 0 fully saturated rings. The summed E-state index contributed by atoms with van der Waals surface area (Å²) in [7, 11) is 0. The maximum absolute atomic E-state index is 9.80. The summed E-state index contributed by atoms with van der Waals surface area (Å²) in [5, 5.41) is 1.75. The van der Waals surface area contributed by atoms with Crippen molar-refractivity contribution in [1.82, 2.24) is 24.1 Å². The van der Waals surface area contributed by atoms with Crippen molar-refractivity contribution in [2.24, 2.45) is 0 Å². The van der Waals surface area contributed by atoms with E-state index in [9.17, 15) is 8.22 Å². The van der Waals surface area contributed by atoms with Crippen LogP contribution in [0.5, 0.6) is 0 Å². The van der Waals surface area contributed by atoms with Gasteiger partial charge in [-0.1, -0.05) is 157 Å². The van der Waals surface area contributed by atoms with Crippen molar-refractivity contribution in [3.8, 4) is 56.7 Å². The largest absolute Gasteiger partial charge is 0.309 e. The number of rotatable bonds is 6. The minimum atomic E-state index is -0.629. The summed E-state index contributed by atoms with van der Waals surface area (Å²) in [6.07, 6.45) is 0. The second kappa shape index (κ2) is 13.0. The first-order chi connectivity index (χ1) is 32.8. The van der Waals surface area contributed by atoms with Crippen LogP contribution < -0.4 is 0 Å². The van der Waals surface area contributed by atoms with Crippen LogP contribution in [0, 0.1) is 0 Å². The highest BCUT2D eigenvalue weighted by atomic mass is 15.2. The van der Waals surface area contributed by atoms with Crippen LogP contribution in [0.3, 0.4) is 0 Å². The van der Waals surface area contributed by atoms with Crippen molar-refractivity contribution in [2.75, 3.05) is 0 Å². The molecule has 8 aromatic carbocycles. The Labute approximate surface area is 340 Å². The average molecular weight is 728 g/mol. The molecule has 0 aliphatic rings. The van der Waals surface area contributed by atoms with E-state index in [-0.39, 0.29) is 74.1 Å². The SMILES string of the molecule is [2H]c1c([2H])c([2H])c(-c2cc(-c3nc(-c4ccccc4)nc(-n4c5ccccc5c5ccccc54)n3)ccc2-n2c3c([2H])c([2H])c([2H])c([2H])c3c3c([2H])c([2H])c(-c4ccccc4)c([2H])c32)c([2H])c1[2H]. The molecule has 5 nitrogen and oxygen atoms in total. The Morgan fingerprint density at radius 1 is 0.375 bits per heavy atom. The van der Waals surface area contributed by atoms with E-state index in [4.69, 9.17) is 23.2 Å². The van der Waals surface area contributed by atoms with E-state index in [1.807, 2.05) is 83.4 Å². The van der Waals surface area contributed by atoms with Crippen molar-refractivity contribution >= 4 is 43.6 Å². The van der Waals surface area contributed by atoms with Gasteiger partial charge in [-0.05, 0) is 59.1 Å². The third kappa shape index (κ3) is 5.21. The molecule has 0 amide bonds. The van der Waals surface area contributed by atoms with Gasteiger partial charge in [-0.25, -0.2) is 4.98 Å². The Balaban J connectivity index is 1.29. The summed E-state index contributed by atoms with van der Waals surface area (Å²) in [5.74, 6) is 0.750. The lowest BCUT2D eigenvalue weighted by atomic mass is 9.99. The van der Waals surface area contributed by atoms with Crippen LogP contribution in [0.4, 0.5) is 0 Å². The zero-order valence-electron chi connectivity index (χ0n) is 41.4. The normalized spacial score (nSPS) is 14.6. The van der Waals surface area contributed by atoms with Gasteiger partial charge in [0.25, 0.3) is 0 Å². The summed E-state index contributed by atoms with van der Waals surface area (Å²) < 4.78 is 112. The lowest BCUT2D eigenvalue weighted by molar-refractivity contribution is 0.953. The quantitative estimate of drug-likeness (QED) is 0.171. The molecule has 0 bridgehead atoms. The van der Waals surface area contributed by atoms with Gasteiger partial charge >= 0.3 is 0 Å². The van der Waals surface area contributed by atoms with Gasteiger partial charge < -0.3 is 4.57 Å². The second-order valence-electron chi connectivity index (χ2n) is 13.1. The van der Waals surface area contributed by atoms with Gasteiger partial charge in [0.15, 0.2) is 11.6 Å². The molecule has 262 valence electrons. The summed E-state index contributed by atoms with van der Waals surface area (Å²) in [4.78, 5) is 15.1. The monoisotopic (exact) mass is 727 g/mol. The minimum Gasteiger partial charge on any atom is -0.309 e. The number of benzene rings is 8. The zero-order valence-corrected chi connectivity index (χ0v) is 29.4. The molecule has 0 radical (unpaired) electrons. The highest BCUT2D eigenvalue weighted by molar-refractivity contribution is 6.11. The van der Waals surface area contributed by atoms with E-state index in [2.05, 4.69) is 0 Å². The average Bonchev–Trinajstić information content (AvgIpc) is 3.91. The first kappa shape index (κ1) is 21.9. The number of nitrogens with zero attached hydrogens (tertiary/aromatic N) is 5. The van der Waals surface area contributed by atoms with Crippen LogP contribution in [0.25, 0.3) is 100 Å². The van der Waals surface area contributed by atoms with Crippen LogP contribution in [0.1, 0.15) is 16.4 Å². The predicted octanol–water partition coefficient (Wildman–Crippen LogP) is 12.7. The van der Waals surface area contributed by atoms with Crippen LogP contribution in [-0.4, -0.2) is 24.1 Å². The molecule has 0 atom stereocenters. The zero-order chi connectivity index (χ0) is 47.4. The molecular formula is C51H33N5. The summed E-state index contributed by atoms with van der Waals surface area (Å²) in [5.41, 5.74) is 2.81. The molecule has 3 aromatic heterocycles. The first-order valence-electron chi connectivity index (χ1n) is 23.9. The van der Waals surface area contributed by atoms with E-state index in [0.717, 1.165) is 21.8 Å². The van der Waals surface area contributed by atoms with Crippen molar-refractivity contribution in [3.05, 3.63) is 200 Å². The van der Waals surface area contributed by atoms with Crippen molar-refractivity contribution < 1.29 is 16.4 Å². The fraction of sp³-hybridized carbons (Fsp3) is 0. The summed E-state index contributed by atoms with van der Waals surface area (Å²) in [6.45, 7) is 0. The minimum absolute atomic E-state index is 0.00735. The molecule has 11 aromatic rings. The van der Waals surface area contributed by atoms with E-state index in [1.54, 1.807) is 48.5 Å². The van der Waals surface area contributed by atoms with Gasteiger partial charge in [0, 0.05) is 38.2 Å². The standard InChI is InChI=1S/C51H33N5/c1-4-16-34(17-5-1)37-28-30-42-41-24-10-13-25-44(41)55(48(42)33-37)47-31-29-38(32-43(47)35-18-6-2-7-19-35)50-52-49(36-20-8-3-9-21-36)53-51(54-50)56-45-26-14-11-22-39(45)40-23-12-15-27-46(40)56/h1-33H/i2D,6D,7D,10D,13D,18D,19D,24D,25D,28D,30D,33D. The third-order valence-electron chi connectivity index (χ3n) is 9.92. The molecule has 0 saturated carbocycles. The number of aromatic nitrogens is 5. The van der Waals surface area contributed by atoms with Crippen molar-refractivity contribution in [2.45, 2.75) is 0 Å². The van der Waals surface area contributed by atoms with Crippen molar-refractivity contribution in [3.63, 3.8) is 0 Å². The maximum atomic E-state index is 9.80. The summed E-state index contributed by atoms with van der Waals surface area (Å²) >= 11 is 0. The van der Waals surface area contributed by atoms with Gasteiger partial charge in [0.1, 0.15) is 0 Å². The molecule has 0 spiro atoms. The Bertz CT molecular complexity index is 3860. The molecule has 0 unspecified atom stereocenters. The molecule has 5 heteroatoms. The maximum Gasteiger partial charge on any atom is 0.238 e. The molecule has 11 rings (SSSR count). The van der Waals surface area contributed by atoms with E-state index < -0.39 is 54.4 Å². The highest BCUT2D eigenvalue weighted by Gasteiger charge is 2.21. The number of hydrogen-bond donors (Lipinski definition) is 0. The van der Waals surface area contributed by atoms with Crippen molar-refractivity contribution in [1.29, 1.82) is 0 Å². The van der Waals surface area contributed by atoms with Crippen LogP contribution >= 0.6 is 0 Å². The fourth-order valence-corrected chi connectivity index (χ4v) is 7.40. The Morgan fingerprint density at radius 2 is 0.982 bits per heavy atom. The predicted molar refractivity (Wildman–Crippen MR) is 230 cm³/mol. The lowest BCUT2D eigenvalue weighted by Crippen LogP contribution is -2.06. The highest BCUT2D eigenvalue weighted by Crippen LogP contribution is 2.40. The van der Waals surface area contributed by atoms with Gasteiger partial charge in [0.2, 0.25) is 5.95 Å². The first-order valence-corrected chi connectivity index (χ1v) is 17.9. The molecule has 3 heterocycles. The Hall–Kier alpha value is -7.63.